The average molecular weight is 165 g/mol. The summed E-state index contributed by atoms with van der Waals surface area (Å²) < 4.78 is 0. The normalized spacial score (nSPS) is 10.4. The van der Waals surface area contributed by atoms with Crippen LogP contribution in [0.4, 0.5) is 5.69 Å². The van der Waals surface area contributed by atoms with Crippen LogP contribution in [0.15, 0.2) is 40.7 Å². The number of benzene rings is 1. The molecule has 1 rings (SSSR count). The largest absolute Gasteiger partial charge is 0.394 e. The van der Waals surface area contributed by atoms with E-state index in [0.717, 1.165) is 5.69 Å². The molecule has 0 fully saturated rings. The van der Waals surface area contributed by atoms with Gasteiger partial charge in [0.2, 0.25) is 0 Å². The fourth-order valence-electron chi connectivity index (χ4n) is 0.688. The second kappa shape index (κ2) is 5.26. The van der Waals surface area contributed by atoms with Crippen LogP contribution in [-0.2, 0) is 0 Å². The quantitative estimate of drug-likeness (QED) is 0.401. The highest BCUT2D eigenvalue weighted by Gasteiger charge is 1.83. The maximum atomic E-state index is 8.40. The minimum absolute atomic E-state index is 0.0633. The number of nitrogens with one attached hydrogen (secondary N) is 1. The Labute approximate surface area is 70.9 Å². The fraction of sp³-hybridized carbons (Fsp3) is 0.250. The van der Waals surface area contributed by atoms with Gasteiger partial charge in [-0.15, -0.1) is 5.11 Å². The molecule has 4 heteroatoms. The highest BCUT2D eigenvalue weighted by molar-refractivity contribution is 5.34. The van der Waals surface area contributed by atoms with E-state index < -0.39 is 0 Å². The van der Waals surface area contributed by atoms with Crippen LogP contribution in [-0.4, -0.2) is 18.3 Å². The maximum absolute atomic E-state index is 8.40. The van der Waals surface area contributed by atoms with Crippen molar-refractivity contribution in [1.29, 1.82) is 0 Å². The van der Waals surface area contributed by atoms with E-state index in [4.69, 9.17) is 5.11 Å². The first-order valence-corrected chi connectivity index (χ1v) is 3.73. The van der Waals surface area contributed by atoms with Gasteiger partial charge < -0.3 is 5.11 Å². The number of aliphatic hydroxyl groups is 1. The summed E-state index contributed by atoms with van der Waals surface area (Å²) in [7, 11) is 0. The van der Waals surface area contributed by atoms with E-state index in [1.54, 1.807) is 0 Å². The lowest BCUT2D eigenvalue weighted by molar-refractivity contribution is 0.292. The van der Waals surface area contributed by atoms with Crippen molar-refractivity contribution in [3.05, 3.63) is 30.3 Å². The highest BCUT2D eigenvalue weighted by atomic mass is 16.3. The molecule has 0 spiro atoms. The number of hydrogen-bond donors (Lipinski definition) is 2. The number of aliphatic hydroxyl groups excluding tert-OH is 1. The summed E-state index contributed by atoms with van der Waals surface area (Å²) in [6, 6.07) is 9.40. The third-order valence-electron chi connectivity index (χ3n) is 1.22. The third-order valence-corrected chi connectivity index (χ3v) is 1.22. The van der Waals surface area contributed by atoms with E-state index in [1.807, 2.05) is 30.3 Å². The number of nitrogens with zero attached hydrogens (tertiary/aromatic N) is 2. The van der Waals surface area contributed by atoms with Crippen LogP contribution in [0.5, 0.6) is 0 Å². The predicted molar refractivity (Wildman–Crippen MR) is 46.0 cm³/mol. The fourth-order valence-corrected chi connectivity index (χ4v) is 0.688. The zero-order valence-corrected chi connectivity index (χ0v) is 6.64. The molecular formula is C8H11N3O. The van der Waals surface area contributed by atoms with E-state index in [-0.39, 0.29) is 6.61 Å². The molecule has 0 heterocycles. The van der Waals surface area contributed by atoms with E-state index in [0.29, 0.717) is 6.54 Å². The van der Waals surface area contributed by atoms with Gasteiger partial charge in [-0.25, -0.2) is 0 Å². The van der Waals surface area contributed by atoms with E-state index in [9.17, 15) is 0 Å². The Bertz CT molecular complexity index is 235. The summed E-state index contributed by atoms with van der Waals surface area (Å²) in [5.74, 6) is 0. The van der Waals surface area contributed by atoms with Gasteiger partial charge in [-0.2, -0.15) is 0 Å². The average Bonchev–Trinajstić information content (AvgIpc) is 2.14. The Morgan fingerprint density at radius 3 is 2.67 bits per heavy atom. The third kappa shape index (κ3) is 3.12. The first-order valence-electron chi connectivity index (χ1n) is 3.73. The van der Waals surface area contributed by atoms with Gasteiger partial charge in [-0.05, 0) is 12.1 Å². The molecule has 1 aromatic rings. The van der Waals surface area contributed by atoms with Crippen molar-refractivity contribution in [3.8, 4) is 0 Å². The molecule has 0 atom stereocenters. The van der Waals surface area contributed by atoms with Crippen molar-refractivity contribution in [2.75, 3.05) is 13.2 Å². The van der Waals surface area contributed by atoms with E-state index in [2.05, 4.69) is 15.8 Å². The summed E-state index contributed by atoms with van der Waals surface area (Å²) in [6.45, 7) is 0.490. The molecule has 0 saturated heterocycles. The summed E-state index contributed by atoms with van der Waals surface area (Å²) in [4.78, 5) is 0. The van der Waals surface area contributed by atoms with Crippen LogP contribution in [0.2, 0.25) is 0 Å². The van der Waals surface area contributed by atoms with Gasteiger partial charge in [0.05, 0.1) is 18.8 Å². The monoisotopic (exact) mass is 165 g/mol. The van der Waals surface area contributed by atoms with Crippen molar-refractivity contribution in [2.24, 2.45) is 10.3 Å². The summed E-state index contributed by atoms with van der Waals surface area (Å²) in [5, 5.41) is 15.9. The second-order valence-electron chi connectivity index (χ2n) is 2.17. The van der Waals surface area contributed by atoms with Crippen molar-refractivity contribution in [3.63, 3.8) is 0 Å². The maximum Gasteiger partial charge on any atom is 0.0874 e. The smallest absolute Gasteiger partial charge is 0.0874 e. The van der Waals surface area contributed by atoms with Gasteiger partial charge in [-0.3, -0.25) is 5.43 Å². The van der Waals surface area contributed by atoms with Crippen LogP contribution in [0.3, 0.4) is 0 Å². The lowest BCUT2D eigenvalue weighted by Crippen LogP contribution is -2.09. The van der Waals surface area contributed by atoms with Crippen molar-refractivity contribution in [2.45, 2.75) is 0 Å². The van der Waals surface area contributed by atoms with Crippen LogP contribution in [0, 0.1) is 0 Å². The summed E-state index contributed by atoms with van der Waals surface area (Å²) in [6.07, 6.45) is 0. The molecular weight excluding hydrogens is 154 g/mol. The molecule has 0 aliphatic carbocycles. The molecule has 12 heavy (non-hydrogen) atoms. The molecule has 0 radical (unpaired) electrons. The Balaban J connectivity index is 2.36. The molecule has 1 aromatic carbocycles. The first-order chi connectivity index (χ1) is 5.93. The first kappa shape index (κ1) is 8.67. The zero-order chi connectivity index (χ0) is 8.65. The minimum Gasteiger partial charge on any atom is -0.394 e. The second-order valence-corrected chi connectivity index (χ2v) is 2.17. The lowest BCUT2D eigenvalue weighted by Gasteiger charge is -1.92. The molecule has 4 nitrogen and oxygen atoms in total. The number of hydrogen-bond acceptors (Lipinski definition) is 3. The molecule has 0 bridgehead atoms. The SMILES string of the molecule is OCCNN=Nc1ccccc1. The van der Waals surface area contributed by atoms with Gasteiger partial charge >= 0.3 is 0 Å². The summed E-state index contributed by atoms with van der Waals surface area (Å²) >= 11 is 0. The topological polar surface area (TPSA) is 57.0 Å². The zero-order valence-electron chi connectivity index (χ0n) is 6.64. The standard InChI is InChI=1S/C8H11N3O/c12-7-6-9-11-10-8-4-2-1-3-5-8/h1-5,12H,6-7H2,(H,9,10). The molecule has 0 aliphatic rings. The van der Waals surface area contributed by atoms with Crippen LogP contribution >= 0.6 is 0 Å². The van der Waals surface area contributed by atoms with E-state index in [1.165, 1.54) is 0 Å². The predicted octanol–water partition coefficient (Wildman–Crippen LogP) is 1.27. The Kier molecular flexibility index (Phi) is 3.80. The van der Waals surface area contributed by atoms with Gasteiger partial charge in [0, 0.05) is 0 Å². The Hall–Kier alpha value is -1.42. The summed E-state index contributed by atoms with van der Waals surface area (Å²) in [5.41, 5.74) is 3.39. The van der Waals surface area contributed by atoms with Gasteiger partial charge in [0.15, 0.2) is 0 Å². The molecule has 2 N–H and O–H groups in total. The molecule has 0 aliphatic heterocycles. The molecule has 0 amide bonds. The van der Waals surface area contributed by atoms with Gasteiger partial charge in [0.1, 0.15) is 0 Å². The number of rotatable bonds is 4. The minimum atomic E-state index is 0.0633. The van der Waals surface area contributed by atoms with Crippen molar-refractivity contribution in [1.82, 2.24) is 5.43 Å². The molecule has 0 unspecified atom stereocenters. The Morgan fingerprint density at radius 1 is 1.25 bits per heavy atom. The highest BCUT2D eigenvalue weighted by Crippen LogP contribution is 2.08. The molecule has 0 aromatic heterocycles. The van der Waals surface area contributed by atoms with Gasteiger partial charge in [-0.1, -0.05) is 23.4 Å². The van der Waals surface area contributed by atoms with Crippen LogP contribution in [0.1, 0.15) is 0 Å². The Morgan fingerprint density at radius 2 is 2.00 bits per heavy atom. The molecule has 64 valence electrons. The van der Waals surface area contributed by atoms with E-state index >= 15 is 0 Å². The van der Waals surface area contributed by atoms with Crippen molar-refractivity contribution < 1.29 is 5.11 Å². The van der Waals surface area contributed by atoms with Crippen LogP contribution < -0.4 is 5.43 Å². The van der Waals surface area contributed by atoms with Gasteiger partial charge in [0.25, 0.3) is 0 Å². The van der Waals surface area contributed by atoms with Crippen molar-refractivity contribution >= 4 is 5.69 Å². The van der Waals surface area contributed by atoms with Crippen LogP contribution in [0.25, 0.3) is 0 Å². The molecule has 0 saturated carbocycles. The lowest BCUT2D eigenvalue weighted by atomic mass is 10.3.